The summed E-state index contributed by atoms with van der Waals surface area (Å²) in [6.45, 7) is 1.88. The molecule has 0 amide bonds. The van der Waals surface area contributed by atoms with Crippen molar-refractivity contribution in [2.75, 3.05) is 6.54 Å². The molecule has 10 heteroatoms. The van der Waals surface area contributed by atoms with Crippen molar-refractivity contribution in [2.45, 2.75) is 55.4 Å². The molecule has 1 aliphatic carbocycles. The molecule has 2 N–H and O–H groups in total. The van der Waals surface area contributed by atoms with E-state index in [1.54, 1.807) is 6.92 Å². The predicted molar refractivity (Wildman–Crippen MR) is 103 cm³/mol. The van der Waals surface area contributed by atoms with Gasteiger partial charge in [0.1, 0.15) is 5.75 Å². The normalized spacial score (nSPS) is 18.0. The summed E-state index contributed by atoms with van der Waals surface area (Å²) in [7, 11) is -3.90. The molecule has 0 bridgehead atoms. The summed E-state index contributed by atoms with van der Waals surface area (Å²) < 4.78 is 68.5. The predicted octanol–water partition coefficient (Wildman–Crippen LogP) is 4.49. The van der Waals surface area contributed by atoms with Crippen molar-refractivity contribution < 1.29 is 31.4 Å². The first-order valence-corrected chi connectivity index (χ1v) is 11.4. The van der Waals surface area contributed by atoms with Gasteiger partial charge >= 0.3 is 6.36 Å². The molecule has 0 radical (unpaired) electrons. The van der Waals surface area contributed by atoms with Gasteiger partial charge in [0.2, 0.25) is 10.0 Å². The minimum absolute atomic E-state index is 0.129. The van der Waals surface area contributed by atoms with Gasteiger partial charge in [-0.25, -0.2) is 13.1 Å². The minimum Gasteiger partial charge on any atom is -0.406 e. The first-order valence-electron chi connectivity index (χ1n) is 9.15. The van der Waals surface area contributed by atoms with Gasteiger partial charge in [0, 0.05) is 21.7 Å². The molecule has 0 unspecified atom stereocenters. The fourth-order valence-corrected chi connectivity index (χ4v) is 5.88. The third-order valence-corrected chi connectivity index (χ3v) is 8.01. The molecule has 160 valence electrons. The van der Waals surface area contributed by atoms with Gasteiger partial charge in [-0.2, -0.15) is 0 Å². The van der Waals surface area contributed by atoms with Crippen LogP contribution in [0.5, 0.6) is 5.75 Å². The van der Waals surface area contributed by atoms with Gasteiger partial charge in [-0.1, -0.05) is 12.8 Å². The number of aliphatic hydroxyl groups excluding tert-OH is 1. The highest BCUT2D eigenvalue weighted by Gasteiger charge is 2.38. The molecular weight excluding hydrogens is 427 g/mol. The van der Waals surface area contributed by atoms with E-state index in [-0.39, 0.29) is 16.9 Å². The van der Waals surface area contributed by atoms with Crippen molar-refractivity contribution in [1.29, 1.82) is 0 Å². The van der Waals surface area contributed by atoms with Crippen LogP contribution in [0.1, 0.15) is 48.5 Å². The summed E-state index contributed by atoms with van der Waals surface area (Å²) in [4.78, 5) is 1.73. The second-order valence-electron chi connectivity index (χ2n) is 7.21. The molecule has 1 atom stereocenters. The number of hydrogen-bond donors (Lipinski definition) is 2. The maximum absolute atomic E-state index is 12.7. The zero-order chi connectivity index (χ0) is 21.3. The summed E-state index contributed by atoms with van der Waals surface area (Å²) in [6, 6.07) is 7.92. The second-order valence-corrected chi connectivity index (χ2v) is 10.1. The Balaban J connectivity index is 1.75. The molecule has 1 aromatic carbocycles. The number of nitrogens with one attached hydrogen (secondary N) is 1. The fraction of sp³-hybridized carbons (Fsp3) is 0.474. The van der Waals surface area contributed by atoms with E-state index in [0.29, 0.717) is 0 Å². The number of rotatable bonds is 7. The van der Waals surface area contributed by atoms with Gasteiger partial charge in [0.05, 0.1) is 11.0 Å². The SMILES string of the molecule is C[C@@H](O)c1ccc(C2(CNS(=O)(=O)c3ccc(OC(F)(F)F)cc3)CCCC2)s1. The summed E-state index contributed by atoms with van der Waals surface area (Å²) in [5.74, 6) is -0.479. The van der Waals surface area contributed by atoms with Crippen LogP contribution < -0.4 is 9.46 Å². The Bertz CT molecular complexity index is 931. The lowest BCUT2D eigenvalue weighted by Crippen LogP contribution is -2.38. The summed E-state index contributed by atoms with van der Waals surface area (Å²) >= 11 is 1.48. The monoisotopic (exact) mass is 449 g/mol. The van der Waals surface area contributed by atoms with Gasteiger partial charge < -0.3 is 9.84 Å². The van der Waals surface area contributed by atoms with Gasteiger partial charge in [0.15, 0.2) is 0 Å². The number of sulfonamides is 1. The van der Waals surface area contributed by atoms with Crippen molar-refractivity contribution in [3.63, 3.8) is 0 Å². The lowest BCUT2D eigenvalue weighted by Gasteiger charge is -2.28. The summed E-state index contributed by atoms with van der Waals surface area (Å²) in [5, 5.41) is 9.78. The van der Waals surface area contributed by atoms with E-state index in [1.807, 2.05) is 12.1 Å². The third-order valence-electron chi connectivity index (χ3n) is 5.09. The molecule has 2 aromatic rings. The largest absolute Gasteiger partial charge is 0.573 e. The number of hydrogen-bond acceptors (Lipinski definition) is 5. The highest BCUT2D eigenvalue weighted by atomic mass is 32.2. The van der Waals surface area contributed by atoms with E-state index in [0.717, 1.165) is 59.7 Å². The molecular formula is C19H22F3NO4S2. The molecule has 29 heavy (non-hydrogen) atoms. The van der Waals surface area contributed by atoms with E-state index in [1.165, 1.54) is 11.3 Å². The van der Waals surface area contributed by atoms with Crippen LogP contribution in [0.15, 0.2) is 41.3 Å². The van der Waals surface area contributed by atoms with Gasteiger partial charge in [-0.15, -0.1) is 24.5 Å². The number of alkyl halides is 3. The lowest BCUT2D eigenvalue weighted by atomic mass is 9.85. The number of halogens is 3. The quantitative estimate of drug-likeness (QED) is 0.653. The van der Waals surface area contributed by atoms with Gasteiger partial charge in [0.25, 0.3) is 0 Å². The molecule has 1 aliphatic rings. The maximum atomic E-state index is 12.7. The Morgan fingerprint density at radius 1 is 1.17 bits per heavy atom. The molecule has 0 spiro atoms. The smallest absolute Gasteiger partial charge is 0.406 e. The zero-order valence-electron chi connectivity index (χ0n) is 15.7. The molecule has 3 rings (SSSR count). The molecule has 1 heterocycles. The molecule has 1 saturated carbocycles. The van der Waals surface area contributed by atoms with Crippen LogP contribution in [0.4, 0.5) is 13.2 Å². The van der Waals surface area contributed by atoms with Crippen LogP contribution in [0, 0.1) is 0 Å². The highest BCUT2D eigenvalue weighted by molar-refractivity contribution is 7.89. The molecule has 0 saturated heterocycles. The number of thiophene rings is 1. The molecule has 0 aliphatic heterocycles. The van der Waals surface area contributed by atoms with Crippen molar-refractivity contribution in [2.24, 2.45) is 0 Å². The summed E-state index contributed by atoms with van der Waals surface area (Å²) in [5.41, 5.74) is -0.343. The summed E-state index contributed by atoms with van der Waals surface area (Å²) in [6.07, 6.45) is -1.80. The fourth-order valence-electron chi connectivity index (χ4n) is 3.56. The first-order chi connectivity index (χ1) is 13.5. The Labute approximate surface area is 171 Å². The minimum atomic E-state index is -4.83. The van der Waals surface area contributed by atoms with Crippen LogP contribution in [0.3, 0.4) is 0 Å². The third kappa shape index (κ3) is 5.30. The van der Waals surface area contributed by atoms with Gasteiger partial charge in [-0.05, 0) is 56.2 Å². The lowest BCUT2D eigenvalue weighted by molar-refractivity contribution is -0.274. The van der Waals surface area contributed by atoms with Crippen LogP contribution >= 0.6 is 11.3 Å². The first kappa shape index (κ1) is 22.1. The van der Waals surface area contributed by atoms with Crippen molar-refractivity contribution >= 4 is 21.4 Å². The standard InChI is InChI=1S/C19H22F3NO4S2/c1-13(24)16-8-9-17(28-16)18(10-2-3-11-18)12-23-29(25,26)15-6-4-14(5-7-15)27-19(20,21)22/h4-9,13,23-24H,2-3,10-12H2,1H3/t13-/m1/s1. The zero-order valence-corrected chi connectivity index (χ0v) is 17.3. The van der Waals surface area contributed by atoms with Crippen molar-refractivity contribution in [3.05, 3.63) is 46.2 Å². The van der Waals surface area contributed by atoms with E-state index < -0.39 is 28.2 Å². The van der Waals surface area contributed by atoms with E-state index in [2.05, 4.69) is 9.46 Å². The number of ether oxygens (including phenoxy) is 1. The molecule has 1 aromatic heterocycles. The van der Waals surface area contributed by atoms with E-state index in [4.69, 9.17) is 0 Å². The van der Waals surface area contributed by atoms with E-state index >= 15 is 0 Å². The Morgan fingerprint density at radius 3 is 2.31 bits per heavy atom. The molecule has 5 nitrogen and oxygen atoms in total. The van der Waals surface area contributed by atoms with Gasteiger partial charge in [-0.3, -0.25) is 0 Å². The Kier molecular flexibility index (Phi) is 6.28. The van der Waals surface area contributed by atoms with Crippen molar-refractivity contribution in [1.82, 2.24) is 4.72 Å². The van der Waals surface area contributed by atoms with Crippen LogP contribution in [-0.4, -0.2) is 26.4 Å². The molecule has 1 fully saturated rings. The average Bonchev–Trinajstić information content (AvgIpc) is 3.30. The van der Waals surface area contributed by atoms with Crippen molar-refractivity contribution in [3.8, 4) is 5.75 Å². The average molecular weight is 450 g/mol. The van der Waals surface area contributed by atoms with Crippen LogP contribution in [0.25, 0.3) is 0 Å². The maximum Gasteiger partial charge on any atom is 0.573 e. The number of aliphatic hydroxyl groups is 1. The topological polar surface area (TPSA) is 75.6 Å². The Morgan fingerprint density at radius 2 is 1.79 bits per heavy atom. The second kappa shape index (κ2) is 8.25. The number of benzene rings is 1. The highest BCUT2D eigenvalue weighted by Crippen LogP contribution is 2.44. The Hall–Kier alpha value is -1.62. The van der Waals surface area contributed by atoms with E-state index in [9.17, 15) is 26.7 Å². The van der Waals surface area contributed by atoms with Crippen LogP contribution in [-0.2, 0) is 15.4 Å². The van der Waals surface area contributed by atoms with Crippen LogP contribution in [0.2, 0.25) is 0 Å².